The zero-order chi connectivity index (χ0) is 13.9. The number of ether oxygens (including phenoxy) is 1. The lowest BCUT2D eigenvalue weighted by Gasteiger charge is -2.41. The van der Waals surface area contributed by atoms with Crippen molar-refractivity contribution < 1.29 is 4.74 Å². The fourth-order valence-corrected chi connectivity index (χ4v) is 2.25. The lowest BCUT2D eigenvalue weighted by molar-refractivity contribution is 0.142. The molecule has 3 heteroatoms. The average Bonchev–Trinajstić information content (AvgIpc) is 2.31. The summed E-state index contributed by atoms with van der Waals surface area (Å²) >= 11 is 0. The van der Waals surface area contributed by atoms with E-state index >= 15 is 0 Å². The molecule has 1 atom stereocenters. The Hall–Kier alpha value is -1.06. The van der Waals surface area contributed by atoms with Crippen LogP contribution in [-0.2, 0) is 0 Å². The molecule has 3 nitrogen and oxygen atoms in total. The molecule has 0 aromatic heterocycles. The predicted octanol–water partition coefficient (Wildman–Crippen LogP) is 2.60. The molecule has 1 aromatic rings. The standard InChI is InChI=1S/C15H26N2O/c1-11-10-12(18-7)8-9-13(11)14(16-4)15(2,3)17(5)6/h8-10,14,16H,1-7H3. The van der Waals surface area contributed by atoms with Crippen LogP contribution < -0.4 is 10.1 Å². The first-order valence-electron chi connectivity index (χ1n) is 6.33. The van der Waals surface area contributed by atoms with E-state index < -0.39 is 0 Å². The van der Waals surface area contributed by atoms with Crippen LogP contribution in [0.3, 0.4) is 0 Å². The van der Waals surface area contributed by atoms with Crippen molar-refractivity contribution in [3.8, 4) is 5.75 Å². The van der Waals surface area contributed by atoms with Gasteiger partial charge in [-0.05, 0) is 65.2 Å². The second kappa shape index (κ2) is 5.72. The van der Waals surface area contributed by atoms with E-state index in [9.17, 15) is 0 Å². The molecule has 18 heavy (non-hydrogen) atoms. The maximum absolute atomic E-state index is 5.27. The largest absolute Gasteiger partial charge is 0.497 e. The first kappa shape index (κ1) is 15.0. The summed E-state index contributed by atoms with van der Waals surface area (Å²) < 4.78 is 5.27. The zero-order valence-corrected chi connectivity index (χ0v) is 12.7. The summed E-state index contributed by atoms with van der Waals surface area (Å²) in [5.74, 6) is 0.911. The third kappa shape index (κ3) is 2.85. The van der Waals surface area contributed by atoms with Crippen molar-refractivity contribution in [2.75, 3.05) is 28.3 Å². The van der Waals surface area contributed by atoms with Crippen molar-refractivity contribution >= 4 is 0 Å². The van der Waals surface area contributed by atoms with Crippen molar-refractivity contribution in [1.82, 2.24) is 10.2 Å². The summed E-state index contributed by atoms with van der Waals surface area (Å²) in [4.78, 5) is 2.25. The summed E-state index contributed by atoms with van der Waals surface area (Å²) in [6.07, 6.45) is 0. The van der Waals surface area contributed by atoms with Crippen LogP contribution in [0.5, 0.6) is 5.75 Å². The Morgan fingerprint density at radius 2 is 1.89 bits per heavy atom. The molecule has 0 aliphatic heterocycles. The minimum Gasteiger partial charge on any atom is -0.497 e. The van der Waals surface area contributed by atoms with Gasteiger partial charge in [-0.2, -0.15) is 0 Å². The maximum atomic E-state index is 5.27. The van der Waals surface area contributed by atoms with Gasteiger partial charge in [0.2, 0.25) is 0 Å². The molecule has 0 saturated carbocycles. The van der Waals surface area contributed by atoms with Gasteiger partial charge in [0.1, 0.15) is 5.75 Å². The van der Waals surface area contributed by atoms with E-state index in [2.05, 4.69) is 57.2 Å². The molecule has 0 radical (unpaired) electrons. The van der Waals surface area contributed by atoms with Crippen molar-refractivity contribution in [3.05, 3.63) is 29.3 Å². The molecule has 0 heterocycles. The summed E-state index contributed by atoms with van der Waals surface area (Å²) in [6, 6.07) is 6.54. The number of aryl methyl sites for hydroxylation is 1. The number of nitrogens with one attached hydrogen (secondary N) is 1. The molecular weight excluding hydrogens is 224 g/mol. The van der Waals surface area contributed by atoms with Crippen molar-refractivity contribution in [3.63, 3.8) is 0 Å². The Kier molecular flexibility index (Phi) is 4.77. The van der Waals surface area contributed by atoms with Crippen molar-refractivity contribution in [2.24, 2.45) is 0 Å². The van der Waals surface area contributed by atoms with Gasteiger partial charge in [-0.1, -0.05) is 6.07 Å². The number of methoxy groups -OCH3 is 1. The number of rotatable bonds is 5. The van der Waals surface area contributed by atoms with E-state index in [1.807, 2.05) is 13.1 Å². The molecule has 102 valence electrons. The van der Waals surface area contributed by atoms with E-state index in [0.717, 1.165) is 5.75 Å². The highest BCUT2D eigenvalue weighted by Gasteiger charge is 2.32. The van der Waals surface area contributed by atoms with Gasteiger partial charge >= 0.3 is 0 Å². The van der Waals surface area contributed by atoms with E-state index in [4.69, 9.17) is 4.74 Å². The number of likely N-dealkylation sites (N-methyl/N-ethyl adjacent to an activating group) is 2. The van der Waals surface area contributed by atoms with Gasteiger partial charge in [0.05, 0.1) is 13.2 Å². The van der Waals surface area contributed by atoms with Crippen LogP contribution in [0.2, 0.25) is 0 Å². The molecule has 0 fully saturated rings. The van der Waals surface area contributed by atoms with Crippen LogP contribution in [0.4, 0.5) is 0 Å². The van der Waals surface area contributed by atoms with E-state index in [-0.39, 0.29) is 11.6 Å². The number of benzene rings is 1. The molecule has 1 unspecified atom stereocenters. The van der Waals surface area contributed by atoms with Crippen LogP contribution in [0.1, 0.15) is 31.0 Å². The summed E-state index contributed by atoms with van der Waals surface area (Å²) in [7, 11) is 7.94. The van der Waals surface area contributed by atoms with Gasteiger partial charge < -0.3 is 15.0 Å². The smallest absolute Gasteiger partial charge is 0.119 e. The Balaban J connectivity index is 3.17. The highest BCUT2D eigenvalue weighted by molar-refractivity contribution is 5.38. The van der Waals surface area contributed by atoms with Crippen molar-refractivity contribution in [1.29, 1.82) is 0 Å². The third-order valence-electron chi connectivity index (χ3n) is 3.94. The van der Waals surface area contributed by atoms with Crippen LogP contribution in [0.25, 0.3) is 0 Å². The van der Waals surface area contributed by atoms with E-state index in [0.29, 0.717) is 0 Å². The van der Waals surface area contributed by atoms with Crippen LogP contribution in [0.15, 0.2) is 18.2 Å². The molecule has 1 rings (SSSR count). The quantitative estimate of drug-likeness (QED) is 0.869. The Labute approximate surface area is 111 Å². The number of hydrogen-bond acceptors (Lipinski definition) is 3. The SMILES string of the molecule is CNC(c1ccc(OC)cc1C)C(C)(C)N(C)C. The molecule has 0 aliphatic rings. The lowest BCUT2D eigenvalue weighted by Crippen LogP contribution is -2.48. The molecule has 0 bridgehead atoms. The highest BCUT2D eigenvalue weighted by Crippen LogP contribution is 2.32. The highest BCUT2D eigenvalue weighted by atomic mass is 16.5. The Morgan fingerprint density at radius 1 is 1.28 bits per heavy atom. The summed E-state index contributed by atoms with van der Waals surface area (Å²) in [5.41, 5.74) is 2.61. The maximum Gasteiger partial charge on any atom is 0.119 e. The normalized spacial score (nSPS) is 13.8. The molecule has 1 aromatic carbocycles. The molecule has 0 aliphatic carbocycles. The predicted molar refractivity (Wildman–Crippen MR) is 77.3 cm³/mol. The number of hydrogen-bond donors (Lipinski definition) is 1. The minimum atomic E-state index is 0.0358. The van der Waals surface area contributed by atoms with Gasteiger partial charge in [-0.3, -0.25) is 0 Å². The van der Waals surface area contributed by atoms with Gasteiger partial charge in [0.15, 0.2) is 0 Å². The monoisotopic (exact) mass is 250 g/mol. The lowest BCUT2D eigenvalue weighted by atomic mass is 9.85. The molecule has 1 N–H and O–H groups in total. The van der Waals surface area contributed by atoms with Crippen LogP contribution in [-0.4, -0.2) is 38.7 Å². The molecule has 0 spiro atoms. The van der Waals surface area contributed by atoms with E-state index in [1.165, 1.54) is 11.1 Å². The second-order valence-electron chi connectivity index (χ2n) is 5.49. The number of nitrogens with zero attached hydrogens (tertiary/aromatic N) is 1. The fraction of sp³-hybridized carbons (Fsp3) is 0.600. The first-order valence-corrected chi connectivity index (χ1v) is 6.33. The first-order chi connectivity index (χ1) is 8.34. The summed E-state index contributed by atoms with van der Waals surface area (Å²) in [5, 5.41) is 3.44. The Morgan fingerprint density at radius 3 is 2.28 bits per heavy atom. The van der Waals surface area contributed by atoms with Gasteiger partial charge in [-0.15, -0.1) is 0 Å². The minimum absolute atomic E-state index is 0.0358. The van der Waals surface area contributed by atoms with E-state index in [1.54, 1.807) is 7.11 Å². The topological polar surface area (TPSA) is 24.5 Å². The van der Waals surface area contributed by atoms with Crippen molar-refractivity contribution in [2.45, 2.75) is 32.4 Å². The van der Waals surface area contributed by atoms with Gasteiger partial charge in [-0.25, -0.2) is 0 Å². The van der Waals surface area contributed by atoms with Gasteiger partial charge in [0, 0.05) is 5.54 Å². The van der Waals surface area contributed by atoms with Crippen LogP contribution >= 0.6 is 0 Å². The van der Waals surface area contributed by atoms with Crippen LogP contribution in [0, 0.1) is 6.92 Å². The molecular formula is C15H26N2O. The summed E-state index contributed by atoms with van der Waals surface area (Å²) in [6.45, 7) is 6.63. The molecule has 0 amide bonds. The third-order valence-corrected chi connectivity index (χ3v) is 3.94. The fourth-order valence-electron chi connectivity index (χ4n) is 2.25. The second-order valence-corrected chi connectivity index (χ2v) is 5.49. The van der Waals surface area contributed by atoms with Gasteiger partial charge in [0.25, 0.3) is 0 Å². The average molecular weight is 250 g/mol. The zero-order valence-electron chi connectivity index (χ0n) is 12.7. The molecule has 0 saturated heterocycles. The Bertz CT molecular complexity index is 399.